The van der Waals surface area contributed by atoms with Gasteiger partial charge in [0, 0.05) is 19.6 Å². The molecule has 0 saturated carbocycles. The second kappa shape index (κ2) is 8.30. The van der Waals surface area contributed by atoms with Crippen molar-refractivity contribution >= 4 is 29.7 Å². The second-order valence-electron chi connectivity index (χ2n) is 7.86. The number of aromatic nitrogens is 2. The van der Waals surface area contributed by atoms with E-state index < -0.39 is 0 Å². The lowest BCUT2D eigenvalue weighted by molar-refractivity contribution is 0.0601. The Bertz CT molecular complexity index is 954. The van der Waals surface area contributed by atoms with E-state index in [1.54, 1.807) is 11.3 Å². The first-order chi connectivity index (χ1) is 13.7. The number of piperidine rings is 1. The molecular weight excluding hydrogens is 404 g/mol. The highest BCUT2D eigenvalue weighted by Crippen LogP contribution is 2.37. The van der Waals surface area contributed by atoms with Gasteiger partial charge in [-0.15, -0.1) is 23.7 Å². The van der Waals surface area contributed by atoms with Crippen LogP contribution in [0.2, 0.25) is 0 Å². The molecule has 5 rings (SSSR count). The van der Waals surface area contributed by atoms with E-state index in [-0.39, 0.29) is 18.3 Å². The zero-order valence-electron chi connectivity index (χ0n) is 16.2. The molecule has 152 valence electrons. The summed E-state index contributed by atoms with van der Waals surface area (Å²) in [6.07, 6.45) is 3.41. The van der Waals surface area contributed by atoms with Crippen molar-refractivity contribution in [2.24, 2.45) is 5.41 Å². The van der Waals surface area contributed by atoms with Crippen LogP contribution in [0.15, 0.2) is 53.9 Å². The number of hydrogen-bond acceptors (Lipinski definition) is 4. The summed E-state index contributed by atoms with van der Waals surface area (Å²) in [4.78, 5) is 16.3. The van der Waals surface area contributed by atoms with E-state index in [1.807, 2.05) is 52.0 Å². The van der Waals surface area contributed by atoms with Gasteiger partial charge in [-0.3, -0.25) is 4.79 Å². The molecule has 5 nitrogen and oxygen atoms in total. The van der Waals surface area contributed by atoms with Gasteiger partial charge in [0.25, 0.3) is 5.91 Å². The number of rotatable bonds is 3. The highest BCUT2D eigenvalue weighted by Gasteiger charge is 2.38. The first kappa shape index (κ1) is 20.1. The number of nitrogens with one attached hydrogen (secondary N) is 1. The zero-order valence-corrected chi connectivity index (χ0v) is 17.8. The monoisotopic (exact) mass is 428 g/mol. The van der Waals surface area contributed by atoms with Crippen molar-refractivity contribution in [3.8, 4) is 16.3 Å². The van der Waals surface area contributed by atoms with E-state index in [0.29, 0.717) is 11.1 Å². The molecule has 2 aliphatic heterocycles. The zero-order chi connectivity index (χ0) is 19.0. The number of nitrogens with zero attached hydrogens (tertiary/aromatic N) is 3. The highest BCUT2D eigenvalue weighted by atomic mass is 35.5. The minimum Gasteiger partial charge on any atom is -0.337 e. The number of halogens is 1. The Morgan fingerprint density at radius 3 is 2.52 bits per heavy atom. The van der Waals surface area contributed by atoms with Gasteiger partial charge < -0.3 is 10.2 Å². The maximum absolute atomic E-state index is 13.2. The van der Waals surface area contributed by atoms with E-state index >= 15 is 0 Å². The van der Waals surface area contributed by atoms with Crippen molar-refractivity contribution in [1.82, 2.24) is 20.0 Å². The summed E-state index contributed by atoms with van der Waals surface area (Å²) >= 11 is 1.67. The summed E-state index contributed by atoms with van der Waals surface area (Å²) in [5.41, 5.74) is 2.88. The average Bonchev–Trinajstić information content (AvgIpc) is 3.49. The van der Waals surface area contributed by atoms with Crippen LogP contribution in [-0.4, -0.2) is 46.8 Å². The molecule has 4 heterocycles. The Kier molecular flexibility index (Phi) is 5.76. The SMILES string of the molecule is Cl.O=C(c1cc(-c2cccs2)n(-c2ccccc2)n1)N1CCC2(CCNC2)CC1. The molecule has 2 saturated heterocycles. The second-order valence-corrected chi connectivity index (χ2v) is 8.81. The Balaban J connectivity index is 0.00000205. The molecule has 2 aromatic heterocycles. The highest BCUT2D eigenvalue weighted by molar-refractivity contribution is 7.13. The van der Waals surface area contributed by atoms with E-state index in [1.165, 1.54) is 6.42 Å². The third-order valence-electron chi connectivity index (χ3n) is 6.15. The summed E-state index contributed by atoms with van der Waals surface area (Å²) in [7, 11) is 0. The Labute approximate surface area is 181 Å². The molecule has 3 aromatic rings. The van der Waals surface area contributed by atoms with Gasteiger partial charge in [-0.05, 0) is 60.9 Å². The molecule has 29 heavy (non-hydrogen) atoms. The minimum absolute atomic E-state index is 0. The maximum Gasteiger partial charge on any atom is 0.274 e. The fraction of sp³-hybridized carbons (Fsp3) is 0.364. The number of hydrogen-bond donors (Lipinski definition) is 1. The largest absolute Gasteiger partial charge is 0.337 e. The van der Waals surface area contributed by atoms with E-state index in [9.17, 15) is 4.79 Å². The van der Waals surface area contributed by atoms with Gasteiger partial charge in [0.1, 0.15) is 0 Å². The first-order valence-corrected chi connectivity index (χ1v) is 10.8. The van der Waals surface area contributed by atoms with Crippen LogP contribution in [0, 0.1) is 5.41 Å². The number of para-hydroxylation sites is 1. The lowest BCUT2D eigenvalue weighted by Gasteiger charge is -2.38. The quantitative estimate of drug-likeness (QED) is 0.678. The van der Waals surface area contributed by atoms with Crippen molar-refractivity contribution in [1.29, 1.82) is 0 Å². The average molecular weight is 429 g/mol. The van der Waals surface area contributed by atoms with Gasteiger partial charge in [0.2, 0.25) is 0 Å². The Hall–Kier alpha value is -2.15. The molecule has 1 amide bonds. The molecule has 0 bridgehead atoms. The van der Waals surface area contributed by atoms with Crippen LogP contribution in [0.4, 0.5) is 0 Å². The third kappa shape index (κ3) is 3.84. The molecule has 1 aromatic carbocycles. The maximum atomic E-state index is 13.2. The molecule has 7 heteroatoms. The standard InChI is InChI=1S/C22H24N4OS.ClH/c27-21(25-12-9-22(10-13-25)8-11-23-16-22)18-15-19(20-7-4-14-28-20)26(24-18)17-5-2-1-3-6-17;/h1-7,14-15,23H,8-13,16H2;1H. The molecule has 2 fully saturated rings. The Morgan fingerprint density at radius 2 is 1.86 bits per heavy atom. The smallest absolute Gasteiger partial charge is 0.274 e. The van der Waals surface area contributed by atoms with E-state index in [4.69, 9.17) is 5.10 Å². The van der Waals surface area contributed by atoms with Crippen LogP contribution < -0.4 is 5.32 Å². The number of carbonyl (C=O) groups is 1. The summed E-state index contributed by atoms with van der Waals surface area (Å²) in [5, 5.41) is 10.3. The van der Waals surface area contributed by atoms with Gasteiger partial charge in [0.05, 0.1) is 16.3 Å². The van der Waals surface area contributed by atoms with Crippen LogP contribution >= 0.6 is 23.7 Å². The third-order valence-corrected chi connectivity index (χ3v) is 7.04. The summed E-state index contributed by atoms with van der Waals surface area (Å²) < 4.78 is 1.89. The van der Waals surface area contributed by atoms with Gasteiger partial charge in [-0.2, -0.15) is 5.10 Å². The lowest BCUT2D eigenvalue weighted by atomic mass is 9.78. The van der Waals surface area contributed by atoms with Crippen molar-refractivity contribution in [2.45, 2.75) is 19.3 Å². The molecular formula is C22H25ClN4OS. The molecule has 1 N–H and O–H groups in total. The molecule has 1 spiro atoms. The van der Waals surface area contributed by atoms with Crippen molar-refractivity contribution in [3.05, 3.63) is 59.6 Å². The van der Waals surface area contributed by atoms with Crippen LogP contribution in [0.5, 0.6) is 0 Å². The fourth-order valence-electron chi connectivity index (χ4n) is 4.42. The minimum atomic E-state index is 0. The topological polar surface area (TPSA) is 50.2 Å². The van der Waals surface area contributed by atoms with Gasteiger partial charge in [0.15, 0.2) is 5.69 Å². The molecule has 0 aliphatic carbocycles. The number of likely N-dealkylation sites (tertiary alicyclic amines) is 1. The number of benzene rings is 1. The molecule has 2 aliphatic rings. The summed E-state index contributed by atoms with van der Waals surface area (Å²) in [6, 6.07) is 16.1. The van der Waals surface area contributed by atoms with Crippen LogP contribution in [0.1, 0.15) is 29.8 Å². The van der Waals surface area contributed by atoms with E-state index in [2.05, 4.69) is 16.8 Å². The molecule has 0 unspecified atom stereocenters. The predicted octanol–water partition coefficient (Wildman–Crippen LogP) is 4.24. The van der Waals surface area contributed by atoms with E-state index in [0.717, 1.165) is 55.3 Å². The summed E-state index contributed by atoms with van der Waals surface area (Å²) in [6.45, 7) is 3.86. The number of thiophene rings is 1. The lowest BCUT2D eigenvalue weighted by Crippen LogP contribution is -2.44. The van der Waals surface area contributed by atoms with Crippen LogP contribution in [0.3, 0.4) is 0 Å². The van der Waals surface area contributed by atoms with Crippen molar-refractivity contribution in [3.63, 3.8) is 0 Å². The summed E-state index contributed by atoms with van der Waals surface area (Å²) in [5.74, 6) is 0.0493. The molecule has 0 atom stereocenters. The normalized spacial score (nSPS) is 18.0. The van der Waals surface area contributed by atoms with Crippen LogP contribution in [0.25, 0.3) is 16.3 Å². The van der Waals surface area contributed by atoms with Crippen molar-refractivity contribution < 1.29 is 4.79 Å². The van der Waals surface area contributed by atoms with Gasteiger partial charge in [-0.25, -0.2) is 4.68 Å². The molecule has 0 radical (unpaired) electrons. The fourth-order valence-corrected chi connectivity index (χ4v) is 5.15. The number of amides is 1. The number of carbonyl (C=O) groups excluding carboxylic acids is 1. The van der Waals surface area contributed by atoms with Crippen LogP contribution in [-0.2, 0) is 0 Å². The van der Waals surface area contributed by atoms with Crippen molar-refractivity contribution in [2.75, 3.05) is 26.2 Å². The first-order valence-electron chi connectivity index (χ1n) is 9.94. The predicted molar refractivity (Wildman–Crippen MR) is 119 cm³/mol. The van der Waals surface area contributed by atoms with Gasteiger partial charge in [-0.1, -0.05) is 24.3 Å². The van der Waals surface area contributed by atoms with Gasteiger partial charge >= 0.3 is 0 Å². The Morgan fingerprint density at radius 1 is 1.07 bits per heavy atom.